The molecule has 1 unspecified atom stereocenters. The normalized spacial score (nSPS) is 14.7. The molecule has 2 aromatic heterocycles. The highest BCUT2D eigenvalue weighted by Gasteiger charge is 2.21. The molecule has 1 aromatic carbocycles. The van der Waals surface area contributed by atoms with Crippen molar-refractivity contribution in [3.63, 3.8) is 0 Å². The molecule has 0 bridgehead atoms. The summed E-state index contributed by atoms with van der Waals surface area (Å²) in [5.74, 6) is -0.221. The molecule has 154 valence electrons. The molecule has 1 amide bonds. The Kier molecular flexibility index (Phi) is 5.99. The van der Waals surface area contributed by atoms with Gasteiger partial charge in [-0.3, -0.25) is 19.8 Å². The minimum absolute atomic E-state index is 0.221. The Hall–Kier alpha value is -3.32. The monoisotopic (exact) mass is 405 g/mol. The topological polar surface area (TPSA) is 73.9 Å². The number of pyridine rings is 1. The lowest BCUT2D eigenvalue weighted by Crippen LogP contribution is -2.25. The smallest absolute Gasteiger partial charge is 0.248 e. The third-order valence-electron chi connectivity index (χ3n) is 5.24. The van der Waals surface area contributed by atoms with Crippen molar-refractivity contribution in [1.82, 2.24) is 20.1 Å². The van der Waals surface area contributed by atoms with Crippen molar-refractivity contribution in [1.29, 1.82) is 0 Å². The molecule has 3 heterocycles. The number of nitrogens with one attached hydrogen (secondary N) is 2. The van der Waals surface area contributed by atoms with Gasteiger partial charge in [-0.1, -0.05) is 13.0 Å². The number of amides is 1. The van der Waals surface area contributed by atoms with Crippen molar-refractivity contribution in [2.75, 3.05) is 11.9 Å². The standard InChI is InChI=1S/C23H24FN5O/c1-2-20(24)15-29-13-17-3-5-21(9-18(17)14-29)28-23(30)6-4-16-10-25-8-7-22(16)19-11-26-27-12-19/h3-12,20H,2,13-15H2,1H3,(H,26,27)(H,28,30)/b6-4+. The predicted octanol–water partition coefficient (Wildman–Crippen LogP) is 4.19. The average molecular weight is 405 g/mol. The molecule has 3 aromatic rings. The highest BCUT2D eigenvalue weighted by Crippen LogP contribution is 2.27. The van der Waals surface area contributed by atoms with Gasteiger partial charge in [0.2, 0.25) is 5.91 Å². The fraction of sp³-hybridized carbons (Fsp3) is 0.261. The number of rotatable bonds is 7. The third-order valence-corrected chi connectivity index (χ3v) is 5.24. The number of fused-ring (bicyclic) bond motifs is 1. The fourth-order valence-electron chi connectivity index (χ4n) is 3.63. The number of halogens is 1. The second kappa shape index (κ2) is 9.00. The van der Waals surface area contributed by atoms with Gasteiger partial charge in [-0.2, -0.15) is 5.10 Å². The van der Waals surface area contributed by atoms with Gasteiger partial charge < -0.3 is 5.32 Å². The first-order valence-electron chi connectivity index (χ1n) is 10.0. The molecule has 0 saturated carbocycles. The van der Waals surface area contributed by atoms with E-state index in [1.165, 1.54) is 11.6 Å². The molecule has 4 rings (SSSR count). The number of benzene rings is 1. The number of alkyl halides is 1. The fourth-order valence-corrected chi connectivity index (χ4v) is 3.63. The van der Waals surface area contributed by atoms with Gasteiger partial charge in [-0.15, -0.1) is 0 Å². The van der Waals surface area contributed by atoms with Crippen LogP contribution in [0.15, 0.2) is 55.1 Å². The first-order valence-corrected chi connectivity index (χ1v) is 10.0. The molecule has 1 atom stereocenters. The number of aromatic nitrogens is 3. The molecule has 0 spiro atoms. The second-order valence-corrected chi connectivity index (χ2v) is 7.43. The zero-order valence-corrected chi connectivity index (χ0v) is 16.8. The van der Waals surface area contributed by atoms with Gasteiger partial charge in [0.1, 0.15) is 6.17 Å². The number of hydrogen-bond acceptors (Lipinski definition) is 4. The van der Waals surface area contributed by atoms with E-state index < -0.39 is 6.17 Å². The molecule has 0 fully saturated rings. The van der Waals surface area contributed by atoms with Gasteiger partial charge in [-0.25, -0.2) is 4.39 Å². The van der Waals surface area contributed by atoms with Gasteiger partial charge in [0.05, 0.1) is 6.20 Å². The summed E-state index contributed by atoms with van der Waals surface area (Å²) in [7, 11) is 0. The Balaban J connectivity index is 1.41. The Bertz CT molecular complexity index is 1050. The van der Waals surface area contributed by atoms with E-state index in [1.807, 2.05) is 31.2 Å². The van der Waals surface area contributed by atoms with Crippen LogP contribution in [0.1, 0.15) is 30.0 Å². The largest absolute Gasteiger partial charge is 0.323 e. The molecule has 6 nitrogen and oxygen atoms in total. The summed E-state index contributed by atoms with van der Waals surface area (Å²) in [6.07, 6.45) is 9.91. The van der Waals surface area contributed by atoms with E-state index in [2.05, 4.69) is 25.4 Å². The second-order valence-electron chi connectivity index (χ2n) is 7.43. The molecule has 0 aliphatic carbocycles. The van der Waals surface area contributed by atoms with Gasteiger partial charge in [-0.05, 0) is 47.4 Å². The third kappa shape index (κ3) is 4.63. The van der Waals surface area contributed by atoms with Crippen molar-refractivity contribution in [2.45, 2.75) is 32.6 Å². The molecule has 1 aliphatic heterocycles. The Morgan fingerprint density at radius 1 is 1.30 bits per heavy atom. The molecule has 30 heavy (non-hydrogen) atoms. The molecule has 0 saturated heterocycles. The minimum atomic E-state index is -0.803. The first kappa shape index (κ1) is 20.0. The van der Waals surface area contributed by atoms with Crippen molar-refractivity contribution in [2.24, 2.45) is 0 Å². The molecule has 0 radical (unpaired) electrons. The number of nitrogens with zero attached hydrogens (tertiary/aromatic N) is 3. The van der Waals surface area contributed by atoms with Gasteiger partial charge in [0.15, 0.2) is 0 Å². The van der Waals surface area contributed by atoms with Gasteiger partial charge >= 0.3 is 0 Å². The zero-order valence-electron chi connectivity index (χ0n) is 16.8. The summed E-state index contributed by atoms with van der Waals surface area (Å²) >= 11 is 0. The van der Waals surface area contributed by atoms with Crippen LogP contribution >= 0.6 is 0 Å². The van der Waals surface area contributed by atoms with E-state index in [1.54, 1.807) is 30.9 Å². The van der Waals surface area contributed by atoms with Crippen LogP contribution < -0.4 is 5.32 Å². The summed E-state index contributed by atoms with van der Waals surface area (Å²) < 4.78 is 13.7. The van der Waals surface area contributed by atoms with E-state index in [0.717, 1.165) is 34.5 Å². The van der Waals surface area contributed by atoms with Crippen molar-refractivity contribution >= 4 is 17.7 Å². The lowest BCUT2D eigenvalue weighted by Gasteiger charge is -2.16. The molecule has 2 N–H and O–H groups in total. The lowest BCUT2D eigenvalue weighted by atomic mass is 10.0. The van der Waals surface area contributed by atoms with Crippen LogP contribution in [-0.4, -0.2) is 38.7 Å². The molecular formula is C23H24FN5O. The molecule has 1 aliphatic rings. The van der Waals surface area contributed by atoms with E-state index in [-0.39, 0.29) is 5.91 Å². The average Bonchev–Trinajstić information content (AvgIpc) is 3.41. The zero-order chi connectivity index (χ0) is 20.9. The molecular weight excluding hydrogens is 381 g/mol. The quantitative estimate of drug-likeness (QED) is 0.578. The summed E-state index contributed by atoms with van der Waals surface area (Å²) in [4.78, 5) is 18.7. The van der Waals surface area contributed by atoms with Crippen molar-refractivity contribution in [3.8, 4) is 11.1 Å². The number of carbonyl (C=O) groups is 1. The van der Waals surface area contributed by atoms with Gasteiger partial charge in [0, 0.05) is 61.1 Å². The van der Waals surface area contributed by atoms with Crippen LogP contribution in [0.3, 0.4) is 0 Å². The lowest BCUT2D eigenvalue weighted by molar-refractivity contribution is -0.111. The highest BCUT2D eigenvalue weighted by molar-refractivity contribution is 6.02. The maximum Gasteiger partial charge on any atom is 0.248 e. The summed E-state index contributed by atoms with van der Waals surface area (Å²) in [6.45, 7) is 3.76. The van der Waals surface area contributed by atoms with Crippen LogP contribution in [0.25, 0.3) is 17.2 Å². The van der Waals surface area contributed by atoms with E-state index in [0.29, 0.717) is 19.5 Å². The van der Waals surface area contributed by atoms with Gasteiger partial charge in [0.25, 0.3) is 0 Å². The minimum Gasteiger partial charge on any atom is -0.323 e. The Labute approximate surface area is 174 Å². The van der Waals surface area contributed by atoms with Crippen LogP contribution in [0.4, 0.5) is 10.1 Å². The van der Waals surface area contributed by atoms with Crippen LogP contribution in [0.2, 0.25) is 0 Å². The van der Waals surface area contributed by atoms with E-state index >= 15 is 0 Å². The first-order chi connectivity index (χ1) is 14.6. The summed E-state index contributed by atoms with van der Waals surface area (Å²) in [5.41, 5.74) is 5.76. The maximum atomic E-state index is 13.7. The summed E-state index contributed by atoms with van der Waals surface area (Å²) in [6, 6.07) is 7.75. The van der Waals surface area contributed by atoms with E-state index in [4.69, 9.17) is 0 Å². The van der Waals surface area contributed by atoms with Crippen LogP contribution in [0, 0.1) is 0 Å². The highest BCUT2D eigenvalue weighted by atomic mass is 19.1. The van der Waals surface area contributed by atoms with E-state index in [9.17, 15) is 9.18 Å². The maximum absolute atomic E-state index is 13.7. The predicted molar refractivity (Wildman–Crippen MR) is 115 cm³/mol. The number of aromatic amines is 1. The number of hydrogen-bond donors (Lipinski definition) is 2. The van der Waals surface area contributed by atoms with Crippen LogP contribution in [0.5, 0.6) is 0 Å². The number of H-pyrrole nitrogens is 1. The van der Waals surface area contributed by atoms with Crippen molar-refractivity contribution < 1.29 is 9.18 Å². The Morgan fingerprint density at radius 3 is 2.97 bits per heavy atom. The SMILES string of the molecule is CCC(F)CN1Cc2ccc(NC(=O)/C=C/c3cnccc3-c3cn[nH]c3)cc2C1. The molecule has 7 heteroatoms. The number of carbonyl (C=O) groups excluding carboxylic acids is 1. The van der Waals surface area contributed by atoms with Crippen molar-refractivity contribution in [3.05, 3.63) is 71.8 Å². The summed E-state index contributed by atoms with van der Waals surface area (Å²) in [5, 5.41) is 9.67. The van der Waals surface area contributed by atoms with Crippen LogP contribution in [-0.2, 0) is 17.9 Å². The Morgan fingerprint density at radius 2 is 2.17 bits per heavy atom. The number of anilines is 1.